The molecule has 1 aliphatic heterocycles. The summed E-state index contributed by atoms with van der Waals surface area (Å²) >= 11 is 0. The summed E-state index contributed by atoms with van der Waals surface area (Å²) in [6.45, 7) is 4.01. The Morgan fingerprint density at radius 1 is 1.26 bits per heavy atom. The number of sulfonamides is 1. The van der Waals surface area contributed by atoms with Crippen molar-refractivity contribution in [2.24, 2.45) is 16.0 Å². The molecule has 0 fully saturated rings. The number of anilines is 2. The van der Waals surface area contributed by atoms with Crippen LogP contribution in [-0.2, 0) is 31.6 Å². The van der Waals surface area contributed by atoms with Crippen LogP contribution in [0.2, 0.25) is 0 Å². The molecule has 4 rings (SSSR count). The van der Waals surface area contributed by atoms with E-state index in [1.165, 1.54) is 22.9 Å². The van der Waals surface area contributed by atoms with E-state index in [2.05, 4.69) is 24.1 Å². The maximum atomic E-state index is 13.5. The molecule has 208 valence electrons. The van der Waals surface area contributed by atoms with Gasteiger partial charge in [-0.05, 0) is 42.7 Å². The molecule has 39 heavy (non-hydrogen) atoms. The fourth-order valence-electron chi connectivity index (χ4n) is 3.90. The van der Waals surface area contributed by atoms with E-state index in [1.807, 2.05) is 13.8 Å². The van der Waals surface area contributed by atoms with Crippen molar-refractivity contribution in [3.8, 4) is 5.75 Å². The molecule has 0 saturated carbocycles. The van der Waals surface area contributed by atoms with Gasteiger partial charge in [-0.15, -0.1) is 4.40 Å². The number of rotatable bonds is 10. The van der Waals surface area contributed by atoms with Crippen molar-refractivity contribution in [3.63, 3.8) is 0 Å². The van der Waals surface area contributed by atoms with Crippen LogP contribution < -0.4 is 26.1 Å². The Balaban J connectivity index is 1.73. The number of aromatic nitrogens is 2. The van der Waals surface area contributed by atoms with E-state index in [1.54, 1.807) is 12.1 Å². The van der Waals surface area contributed by atoms with Gasteiger partial charge in [-0.1, -0.05) is 13.8 Å². The highest BCUT2D eigenvalue weighted by Gasteiger charge is 2.30. The van der Waals surface area contributed by atoms with Gasteiger partial charge in [-0.25, -0.2) is 4.98 Å². The first-order valence-electron chi connectivity index (χ1n) is 11.8. The molecule has 3 aromatic rings. The molecule has 0 saturated heterocycles. The maximum Gasteiger partial charge on any atom is 0.299 e. The van der Waals surface area contributed by atoms with Crippen LogP contribution in [0, 0.1) is 5.92 Å². The number of aromatic hydroxyl groups is 1. The van der Waals surface area contributed by atoms with Gasteiger partial charge in [0.2, 0.25) is 5.91 Å². The topological polar surface area (TPSA) is 215 Å². The normalized spacial score (nSPS) is 14.5. The Morgan fingerprint density at radius 3 is 2.69 bits per heavy atom. The molecule has 0 atom stereocenters. The Kier molecular flexibility index (Phi) is 7.63. The molecular weight excluding hydrogens is 550 g/mol. The van der Waals surface area contributed by atoms with Gasteiger partial charge in [-0.3, -0.25) is 18.9 Å². The SMILES string of the molecule is CC(C)CCn1c(=O)c(C2=NS(=O)(=O)c3cc(NS(=O)(=O)NCCC(N)=O)ccc3N2)c(O)c2cccnc21. The van der Waals surface area contributed by atoms with Crippen LogP contribution in [0.1, 0.15) is 32.3 Å². The van der Waals surface area contributed by atoms with Gasteiger partial charge in [0.1, 0.15) is 21.9 Å². The van der Waals surface area contributed by atoms with Crippen molar-refractivity contribution in [1.29, 1.82) is 0 Å². The van der Waals surface area contributed by atoms with E-state index in [-0.39, 0.29) is 64.1 Å². The fourth-order valence-corrected chi connectivity index (χ4v) is 5.93. The third-order valence-electron chi connectivity index (χ3n) is 5.80. The molecule has 0 aliphatic carbocycles. The largest absolute Gasteiger partial charge is 0.506 e. The molecule has 0 spiro atoms. The third kappa shape index (κ3) is 6.02. The Labute approximate surface area is 224 Å². The minimum Gasteiger partial charge on any atom is -0.506 e. The average Bonchev–Trinajstić information content (AvgIpc) is 2.83. The molecule has 16 heteroatoms. The van der Waals surface area contributed by atoms with Gasteiger partial charge in [0.25, 0.3) is 25.8 Å². The van der Waals surface area contributed by atoms with Crippen molar-refractivity contribution in [2.45, 2.75) is 38.1 Å². The van der Waals surface area contributed by atoms with Gasteiger partial charge in [0, 0.05) is 25.7 Å². The summed E-state index contributed by atoms with van der Waals surface area (Å²) in [6, 6.07) is 6.78. The first kappa shape index (κ1) is 28.0. The Morgan fingerprint density at radius 2 is 2.00 bits per heavy atom. The molecule has 1 aromatic carbocycles. The van der Waals surface area contributed by atoms with Crippen LogP contribution in [0.3, 0.4) is 0 Å². The van der Waals surface area contributed by atoms with Gasteiger partial charge < -0.3 is 16.2 Å². The molecule has 14 nitrogen and oxygen atoms in total. The summed E-state index contributed by atoms with van der Waals surface area (Å²) in [4.78, 5) is 28.2. The number of aryl methyl sites for hydroxylation is 1. The van der Waals surface area contributed by atoms with Crippen LogP contribution in [-0.4, -0.2) is 49.8 Å². The number of benzene rings is 1. The fraction of sp³-hybridized carbons (Fsp3) is 0.304. The van der Waals surface area contributed by atoms with E-state index in [0.29, 0.717) is 6.42 Å². The molecule has 1 amide bonds. The summed E-state index contributed by atoms with van der Waals surface area (Å²) in [6.07, 6.45) is 1.90. The van der Waals surface area contributed by atoms with Crippen LogP contribution in [0.15, 0.2) is 50.6 Å². The highest BCUT2D eigenvalue weighted by atomic mass is 32.2. The zero-order chi connectivity index (χ0) is 28.5. The van der Waals surface area contributed by atoms with Gasteiger partial charge >= 0.3 is 0 Å². The van der Waals surface area contributed by atoms with Gasteiger partial charge in [0.15, 0.2) is 5.84 Å². The Bertz CT molecular complexity index is 1770. The number of carbonyl (C=O) groups excluding carboxylic acids is 1. The third-order valence-corrected chi connectivity index (χ3v) is 8.21. The first-order chi connectivity index (χ1) is 18.3. The van der Waals surface area contributed by atoms with E-state index in [9.17, 15) is 31.5 Å². The minimum atomic E-state index is -4.44. The van der Waals surface area contributed by atoms with Crippen molar-refractivity contribution in [1.82, 2.24) is 14.3 Å². The zero-order valence-electron chi connectivity index (χ0n) is 21.0. The lowest BCUT2D eigenvalue weighted by Crippen LogP contribution is -2.34. The number of nitrogens with zero attached hydrogens (tertiary/aromatic N) is 3. The summed E-state index contributed by atoms with van der Waals surface area (Å²) in [5.41, 5.74) is 4.16. The monoisotopic (exact) mass is 577 g/mol. The van der Waals surface area contributed by atoms with Crippen molar-refractivity contribution in [3.05, 3.63) is 52.4 Å². The predicted octanol–water partition coefficient (Wildman–Crippen LogP) is 0.831. The number of nitrogens with one attached hydrogen (secondary N) is 3. The van der Waals surface area contributed by atoms with Crippen molar-refractivity contribution in [2.75, 3.05) is 16.6 Å². The number of nitrogens with two attached hydrogens (primary N) is 1. The van der Waals surface area contributed by atoms with Crippen molar-refractivity contribution < 1.29 is 26.7 Å². The lowest BCUT2D eigenvalue weighted by atomic mass is 10.1. The second-order valence-electron chi connectivity index (χ2n) is 9.20. The second kappa shape index (κ2) is 10.6. The van der Waals surface area contributed by atoms with Crippen molar-refractivity contribution >= 4 is 54.4 Å². The lowest BCUT2D eigenvalue weighted by Gasteiger charge is -2.21. The summed E-state index contributed by atoms with van der Waals surface area (Å²) < 4.78 is 60.1. The molecule has 0 bridgehead atoms. The van der Waals surface area contributed by atoms with Crippen LogP contribution in [0.25, 0.3) is 11.0 Å². The van der Waals surface area contributed by atoms with E-state index >= 15 is 0 Å². The van der Waals surface area contributed by atoms with Gasteiger partial charge in [0.05, 0.1) is 16.8 Å². The molecule has 0 radical (unpaired) electrons. The molecule has 6 N–H and O–H groups in total. The maximum absolute atomic E-state index is 13.5. The average molecular weight is 578 g/mol. The van der Waals surface area contributed by atoms with Crippen LogP contribution >= 0.6 is 0 Å². The number of amides is 1. The molecular formula is C23H27N7O7S2. The zero-order valence-corrected chi connectivity index (χ0v) is 22.6. The molecule has 1 aliphatic rings. The number of fused-ring (bicyclic) bond motifs is 2. The van der Waals surface area contributed by atoms with E-state index < -0.39 is 37.4 Å². The predicted molar refractivity (Wildman–Crippen MR) is 145 cm³/mol. The smallest absolute Gasteiger partial charge is 0.299 e. The highest BCUT2D eigenvalue weighted by Crippen LogP contribution is 2.33. The molecule has 2 aromatic heterocycles. The van der Waals surface area contributed by atoms with E-state index in [4.69, 9.17) is 5.73 Å². The summed E-state index contributed by atoms with van der Waals surface area (Å²) in [7, 11) is -8.58. The first-order valence-corrected chi connectivity index (χ1v) is 14.7. The van der Waals surface area contributed by atoms with Crippen LogP contribution in [0.4, 0.5) is 11.4 Å². The molecule has 3 heterocycles. The number of hydrogen-bond acceptors (Lipinski definition) is 9. The Hall–Kier alpha value is -4.02. The lowest BCUT2D eigenvalue weighted by molar-refractivity contribution is -0.117. The number of hydrogen-bond donors (Lipinski definition) is 5. The van der Waals surface area contributed by atoms with Crippen LogP contribution in [0.5, 0.6) is 5.75 Å². The quantitative estimate of drug-likeness (QED) is 0.230. The number of pyridine rings is 2. The number of amidine groups is 1. The number of primary amides is 1. The summed E-state index contributed by atoms with van der Waals surface area (Å²) in [5, 5.41) is 14.0. The molecule has 0 unspecified atom stereocenters. The highest BCUT2D eigenvalue weighted by molar-refractivity contribution is 7.91. The standard InChI is InChI=1S/C23H27N7O7S2/c1-13(2)8-11-30-22-15(4-3-9-25-22)20(32)19(23(30)33)21-27-16-6-5-14(12-17(16)38(34,35)29-21)28-39(36,37)26-10-7-18(24)31/h3-6,9,12-13,26,28,32H,7-8,10-11H2,1-2H3,(H2,24,31)(H,27,29). The van der Waals surface area contributed by atoms with E-state index in [0.717, 1.165) is 6.07 Å². The number of carbonyl (C=O) groups is 1. The van der Waals surface area contributed by atoms with Gasteiger partial charge in [-0.2, -0.15) is 21.6 Å². The minimum absolute atomic E-state index is 0.0171. The second-order valence-corrected chi connectivity index (χ2v) is 12.3. The summed E-state index contributed by atoms with van der Waals surface area (Å²) in [5.74, 6) is -1.29.